The Kier molecular flexibility index (Phi) is 3.45. The lowest BCUT2D eigenvalue weighted by molar-refractivity contribution is 0.0698. The summed E-state index contributed by atoms with van der Waals surface area (Å²) in [4.78, 5) is 30.9. The molecule has 23 heavy (non-hydrogen) atoms. The summed E-state index contributed by atoms with van der Waals surface area (Å²) >= 11 is 1.35. The number of aromatic amines is 1. The number of aromatic nitrogens is 4. The van der Waals surface area contributed by atoms with Crippen LogP contribution in [0, 0.1) is 0 Å². The van der Waals surface area contributed by atoms with E-state index >= 15 is 0 Å². The molecule has 1 saturated heterocycles. The van der Waals surface area contributed by atoms with Crippen LogP contribution in [0.25, 0.3) is 4.96 Å². The summed E-state index contributed by atoms with van der Waals surface area (Å²) in [5.41, 5.74) is 1.06. The van der Waals surface area contributed by atoms with Crippen LogP contribution in [0.2, 0.25) is 0 Å². The third kappa shape index (κ3) is 2.55. The van der Waals surface area contributed by atoms with Gasteiger partial charge >= 0.3 is 0 Å². The molecule has 118 valence electrons. The maximum atomic E-state index is 12.9. The molecular formula is C15H15N5O2S. The standard InChI is InChI=1S/C15H15N5O2S/c21-13-8-12(20-6-7-23-15(20)17-13)14(22)19-5-1-2-10(9-19)11-3-4-16-18-11/h3-4,6-8,10H,1-2,5,9H2,(H,16,18)/t10-/m0/s1. The van der Waals surface area contributed by atoms with Crippen LogP contribution in [-0.2, 0) is 0 Å². The number of hydrogen-bond acceptors (Lipinski definition) is 5. The van der Waals surface area contributed by atoms with E-state index in [1.807, 2.05) is 16.3 Å². The first-order chi connectivity index (χ1) is 11.2. The van der Waals surface area contributed by atoms with E-state index < -0.39 is 0 Å². The average Bonchev–Trinajstić information content (AvgIpc) is 3.24. The number of hydrogen-bond donors (Lipinski definition) is 1. The zero-order valence-electron chi connectivity index (χ0n) is 12.3. The minimum Gasteiger partial charge on any atom is -0.337 e. The largest absolute Gasteiger partial charge is 0.337 e. The Morgan fingerprint density at radius 3 is 3.17 bits per heavy atom. The van der Waals surface area contributed by atoms with Crippen molar-refractivity contribution >= 4 is 22.2 Å². The Labute approximate surface area is 135 Å². The van der Waals surface area contributed by atoms with Crippen molar-refractivity contribution in [1.29, 1.82) is 0 Å². The topological polar surface area (TPSA) is 83.4 Å². The van der Waals surface area contributed by atoms with E-state index in [0.717, 1.165) is 18.5 Å². The molecule has 1 N–H and O–H groups in total. The van der Waals surface area contributed by atoms with Gasteiger partial charge in [0.05, 0.1) is 0 Å². The third-order valence-corrected chi connectivity index (χ3v) is 4.96. The molecule has 3 aromatic heterocycles. The van der Waals surface area contributed by atoms with Crippen LogP contribution < -0.4 is 5.56 Å². The van der Waals surface area contributed by atoms with Gasteiger partial charge in [0, 0.05) is 48.5 Å². The highest BCUT2D eigenvalue weighted by molar-refractivity contribution is 7.15. The molecule has 1 aliphatic heterocycles. The summed E-state index contributed by atoms with van der Waals surface area (Å²) in [7, 11) is 0. The molecule has 0 radical (unpaired) electrons. The van der Waals surface area contributed by atoms with Crippen LogP contribution >= 0.6 is 11.3 Å². The summed E-state index contributed by atoms with van der Waals surface area (Å²) in [6, 6.07) is 3.27. The molecule has 8 heteroatoms. The second-order valence-electron chi connectivity index (χ2n) is 5.64. The molecule has 1 amide bonds. The number of likely N-dealkylation sites (tertiary alicyclic amines) is 1. The lowest BCUT2D eigenvalue weighted by atomic mass is 9.95. The summed E-state index contributed by atoms with van der Waals surface area (Å²) in [5.74, 6) is 0.133. The van der Waals surface area contributed by atoms with Crippen molar-refractivity contribution in [3.8, 4) is 0 Å². The number of carbonyl (C=O) groups is 1. The molecule has 1 aliphatic rings. The van der Waals surface area contributed by atoms with Gasteiger partial charge in [0.1, 0.15) is 5.69 Å². The fourth-order valence-corrected chi connectivity index (χ4v) is 3.81. The number of carbonyl (C=O) groups excluding carboxylic acids is 1. The maximum Gasteiger partial charge on any atom is 0.274 e. The van der Waals surface area contributed by atoms with E-state index in [9.17, 15) is 9.59 Å². The lowest BCUT2D eigenvalue weighted by Crippen LogP contribution is -2.40. The highest BCUT2D eigenvalue weighted by Crippen LogP contribution is 2.26. The molecule has 0 aliphatic carbocycles. The summed E-state index contributed by atoms with van der Waals surface area (Å²) in [6.07, 6.45) is 5.46. The Morgan fingerprint density at radius 2 is 2.35 bits per heavy atom. The predicted octanol–water partition coefficient (Wildman–Crippen LogP) is 1.50. The molecule has 1 atom stereocenters. The summed E-state index contributed by atoms with van der Waals surface area (Å²) < 4.78 is 1.69. The van der Waals surface area contributed by atoms with Crippen molar-refractivity contribution in [3.63, 3.8) is 0 Å². The zero-order chi connectivity index (χ0) is 15.8. The van der Waals surface area contributed by atoms with Gasteiger partial charge in [0.15, 0.2) is 4.96 Å². The van der Waals surface area contributed by atoms with Crippen LogP contribution in [-0.4, -0.2) is 43.5 Å². The quantitative estimate of drug-likeness (QED) is 0.772. The Balaban J connectivity index is 1.65. The second kappa shape index (κ2) is 5.62. The van der Waals surface area contributed by atoms with Gasteiger partial charge in [0.2, 0.25) is 0 Å². The number of piperidine rings is 1. The molecule has 0 saturated carbocycles. The van der Waals surface area contributed by atoms with Crippen molar-refractivity contribution in [2.24, 2.45) is 0 Å². The Bertz CT molecular complexity index is 898. The van der Waals surface area contributed by atoms with Crippen molar-refractivity contribution < 1.29 is 4.79 Å². The van der Waals surface area contributed by atoms with Gasteiger partial charge in [-0.1, -0.05) is 0 Å². The minimum atomic E-state index is -0.377. The van der Waals surface area contributed by atoms with E-state index in [0.29, 0.717) is 23.7 Å². The second-order valence-corrected chi connectivity index (χ2v) is 6.51. The first kappa shape index (κ1) is 14.1. The van der Waals surface area contributed by atoms with Gasteiger partial charge in [0.25, 0.3) is 11.5 Å². The van der Waals surface area contributed by atoms with Gasteiger partial charge in [-0.15, -0.1) is 11.3 Å². The first-order valence-corrected chi connectivity index (χ1v) is 8.36. The van der Waals surface area contributed by atoms with E-state index in [-0.39, 0.29) is 17.4 Å². The maximum absolute atomic E-state index is 12.9. The number of thiazole rings is 1. The number of nitrogens with zero attached hydrogens (tertiary/aromatic N) is 4. The molecule has 0 aromatic carbocycles. The lowest BCUT2D eigenvalue weighted by Gasteiger charge is -2.32. The van der Waals surface area contributed by atoms with Gasteiger partial charge in [-0.3, -0.25) is 19.1 Å². The van der Waals surface area contributed by atoms with Crippen LogP contribution in [0.1, 0.15) is 34.9 Å². The number of rotatable bonds is 2. The van der Waals surface area contributed by atoms with E-state index in [2.05, 4.69) is 15.2 Å². The third-order valence-electron chi connectivity index (χ3n) is 4.20. The molecule has 3 aromatic rings. The monoisotopic (exact) mass is 329 g/mol. The first-order valence-electron chi connectivity index (χ1n) is 7.48. The molecule has 0 unspecified atom stereocenters. The number of nitrogens with one attached hydrogen (secondary N) is 1. The molecule has 0 bridgehead atoms. The van der Waals surface area contributed by atoms with Crippen molar-refractivity contribution in [3.05, 3.63) is 51.6 Å². The van der Waals surface area contributed by atoms with Crippen LogP contribution in [0.3, 0.4) is 0 Å². The Morgan fingerprint density at radius 1 is 1.43 bits per heavy atom. The van der Waals surface area contributed by atoms with Crippen molar-refractivity contribution in [1.82, 2.24) is 24.5 Å². The van der Waals surface area contributed by atoms with Gasteiger partial charge in [-0.05, 0) is 18.9 Å². The van der Waals surface area contributed by atoms with E-state index in [1.165, 1.54) is 17.4 Å². The van der Waals surface area contributed by atoms with Crippen molar-refractivity contribution in [2.75, 3.05) is 13.1 Å². The average molecular weight is 329 g/mol. The highest BCUT2D eigenvalue weighted by atomic mass is 32.1. The molecule has 4 rings (SSSR count). The number of amides is 1. The number of H-pyrrole nitrogens is 1. The van der Waals surface area contributed by atoms with Gasteiger partial charge in [-0.25, -0.2) is 0 Å². The van der Waals surface area contributed by atoms with E-state index in [4.69, 9.17) is 0 Å². The van der Waals surface area contributed by atoms with Gasteiger partial charge in [-0.2, -0.15) is 10.1 Å². The normalized spacial score (nSPS) is 18.4. The van der Waals surface area contributed by atoms with Crippen LogP contribution in [0.5, 0.6) is 0 Å². The minimum absolute atomic E-state index is 0.123. The molecular weight excluding hydrogens is 314 g/mol. The molecule has 1 fully saturated rings. The molecule has 7 nitrogen and oxygen atoms in total. The highest BCUT2D eigenvalue weighted by Gasteiger charge is 2.27. The summed E-state index contributed by atoms with van der Waals surface area (Å²) in [6.45, 7) is 1.33. The van der Waals surface area contributed by atoms with Crippen LogP contribution in [0.4, 0.5) is 0 Å². The van der Waals surface area contributed by atoms with Gasteiger partial charge < -0.3 is 4.90 Å². The number of fused-ring (bicyclic) bond motifs is 1. The smallest absolute Gasteiger partial charge is 0.274 e. The fraction of sp³-hybridized carbons (Fsp3) is 0.333. The zero-order valence-corrected chi connectivity index (χ0v) is 13.1. The predicted molar refractivity (Wildman–Crippen MR) is 85.8 cm³/mol. The van der Waals surface area contributed by atoms with E-state index in [1.54, 1.807) is 16.8 Å². The van der Waals surface area contributed by atoms with Crippen molar-refractivity contribution in [2.45, 2.75) is 18.8 Å². The summed E-state index contributed by atoms with van der Waals surface area (Å²) in [5, 5.41) is 8.80. The molecule has 0 spiro atoms. The SMILES string of the molecule is O=C(c1cc(=O)nc2sccn12)N1CCC[C@H](c2ccn[nH]2)C1. The molecule has 4 heterocycles. The fourth-order valence-electron chi connectivity index (χ4n) is 3.09. The van der Waals surface area contributed by atoms with Crippen LogP contribution in [0.15, 0.2) is 34.7 Å². The Hall–Kier alpha value is -2.48.